The van der Waals surface area contributed by atoms with E-state index in [1.807, 2.05) is 13.8 Å². The number of nitrogens with one attached hydrogen (secondary N) is 2. The Morgan fingerprint density at radius 3 is 2.82 bits per heavy atom. The number of amidine groups is 1. The van der Waals surface area contributed by atoms with Crippen LogP contribution in [0.4, 0.5) is 10.5 Å². The number of anilines is 1. The average Bonchev–Trinajstić information content (AvgIpc) is 2.31. The topological polar surface area (TPSA) is 99.7 Å². The fourth-order valence-electron chi connectivity index (χ4n) is 1.30. The molecule has 0 aromatic heterocycles. The van der Waals surface area contributed by atoms with Gasteiger partial charge in [0.05, 0.1) is 0 Å². The number of urea groups is 1. The zero-order valence-corrected chi connectivity index (χ0v) is 9.82. The van der Waals surface area contributed by atoms with Crippen LogP contribution in [0.15, 0.2) is 23.4 Å². The molecule has 0 spiro atoms. The lowest BCUT2D eigenvalue weighted by atomic mass is 10.1. The Labute approximate surface area is 99.5 Å². The number of carbonyl (C=O) groups excluding carboxylic acids is 1. The minimum atomic E-state index is -0.285. The molecule has 0 bridgehead atoms. The lowest BCUT2D eigenvalue weighted by molar-refractivity contribution is 0.252. The van der Waals surface area contributed by atoms with Gasteiger partial charge in [-0.15, -0.1) is 0 Å². The Kier molecular flexibility index (Phi) is 4.33. The fraction of sp³-hybridized carbons (Fsp3) is 0.273. The van der Waals surface area contributed by atoms with Crippen molar-refractivity contribution in [1.29, 1.82) is 0 Å². The van der Waals surface area contributed by atoms with Crippen molar-refractivity contribution >= 4 is 17.6 Å². The van der Waals surface area contributed by atoms with Gasteiger partial charge >= 0.3 is 6.03 Å². The molecule has 17 heavy (non-hydrogen) atoms. The number of hydrogen-bond donors (Lipinski definition) is 4. The summed E-state index contributed by atoms with van der Waals surface area (Å²) in [5.74, 6) is 0.00366. The molecule has 0 saturated heterocycles. The van der Waals surface area contributed by atoms with Gasteiger partial charge < -0.3 is 21.6 Å². The molecule has 0 unspecified atom stereocenters. The monoisotopic (exact) mass is 236 g/mol. The molecule has 0 aliphatic rings. The van der Waals surface area contributed by atoms with Gasteiger partial charge in [0.15, 0.2) is 5.84 Å². The molecular weight excluding hydrogens is 220 g/mol. The van der Waals surface area contributed by atoms with Crippen LogP contribution in [0.25, 0.3) is 0 Å². The van der Waals surface area contributed by atoms with Crippen LogP contribution in [0, 0.1) is 6.92 Å². The quantitative estimate of drug-likeness (QED) is 0.275. The Balaban J connectivity index is 2.95. The van der Waals surface area contributed by atoms with Gasteiger partial charge in [-0.3, -0.25) is 0 Å². The minimum absolute atomic E-state index is 0.00366. The molecule has 6 nitrogen and oxygen atoms in total. The van der Waals surface area contributed by atoms with Crippen molar-refractivity contribution in [2.75, 3.05) is 11.9 Å². The molecule has 1 aromatic carbocycles. The summed E-state index contributed by atoms with van der Waals surface area (Å²) in [6, 6.07) is 4.87. The van der Waals surface area contributed by atoms with Crippen molar-refractivity contribution in [2.45, 2.75) is 13.8 Å². The molecule has 1 rings (SSSR count). The maximum Gasteiger partial charge on any atom is 0.319 e. The summed E-state index contributed by atoms with van der Waals surface area (Å²) in [6.45, 7) is 4.24. The molecule has 0 aliphatic heterocycles. The van der Waals surface area contributed by atoms with Crippen LogP contribution in [0.2, 0.25) is 0 Å². The molecule has 6 heteroatoms. The van der Waals surface area contributed by atoms with Gasteiger partial charge in [-0.05, 0) is 25.5 Å². The van der Waals surface area contributed by atoms with E-state index in [1.165, 1.54) is 0 Å². The van der Waals surface area contributed by atoms with E-state index < -0.39 is 0 Å². The highest BCUT2D eigenvalue weighted by Gasteiger charge is 2.06. The van der Waals surface area contributed by atoms with Crippen LogP contribution in [-0.2, 0) is 0 Å². The highest BCUT2D eigenvalue weighted by atomic mass is 16.4. The highest BCUT2D eigenvalue weighted by Crippen LogP contribution is 2.16. The first-order valence-corrected chi connectivity index (χ1v) is 5.22. The molecule has 5 N–H and O–H groups in total. The van der Waals surface area contributed by atoms with E-state index in [0.717, 1.165) is 5.56 Å². The van der Waals surface area contributed by atoms with E-state index in [2.05, 4.69) is 15.8 Å². The first-order chi connectivity index (χ1) is 8.08. The smallest absolute Gasteiger partial charge is 0.319 e. The van der Waals surface area contributed by atoms with E-state index in [0.29, 0.717) is 17.8 Å². The second-order valence-electron chi connectivity index (χ2n) is 3.50. The molecule has 0 fully saturated rings. The fourth-order valence-corrected chi connectivity index (χ4v) is 1.30. The summed E-state index contributed by atoms with van der Waals surface area (Å²) in [5, 5.41) is 16.8. The maximum atomic E-state index is 11.4. The average molecular weight is 236 g/mol. The second-order valence-corrected chi connectivity index (χ2v) is 3.50. The molecule has 2 amide bonds. The van der Waals surface area contributed by atoms with Gasteiger partial charge in [0.25, 0.3) is 0 Å². The molecule has 0 heterocycles. The van der Waals surface area contributed by atoms with Crippen molar-refractivity contribution in [2.24, 2.45) is 10.9 Å². The van der Waals surface area contributed by atoms with Gasteiger partial charge in [-0.25, -0.2) is 4.79 Å². The summed E-state index contributed by atoms with van der Waals surface area (Å²) in [4.78, 5) is 11.4. The van der Waals surface area contributed by atoms with Gasteiger partial charge in [-0.2, -0.15) is 0 Å². The Hall–Kier alpha value is -2.24. The van der Waals surface area contributed by atoms with Crippen LogP contribution >= 0.6 is 0 Å². The molecule has 0 saturated carbocycles. The van der Waals surface area contributed by atoms with Crippen molar-refractivity contribution in [3.05, 3.63) is 29.3 Å². The van der Waals surface area contributed by atoms with Crippen LogP contribution in [0.1, 0.15) is 18.1 Å². The predicted molar refractivity (Wildman–Crippen MR) is 66.4 cm³/mol. The van der Waals surface area contributed by atoms with Crippen LogP contribution < -0.4 is 16.4 Å². The SMILES string of the molecule is CCNC(=O)Nc1cc(C(N)=NO)ccc1C. The van der Waals surface area contributed by atoms with Crippen molar-refractivity contribution in [1.82, 2.24) is 5.32 Å². The van der Waals surface area contributed by atoms with E-state index in [1.54, 1.807) is 18.2 Å². The highest BCUT2D eigenvalue weighted by molar-refractivity contribution is 5.99. The third-order valence-electron chi connectivity index (χ3n) is 2.23. The van der Waals surface area contributed by atoms with Crippen molar-refractivity contribution in [3.63, 3.8) is 0 Å². The third kappa shape index (κ3) is 3.37. The zero-order valence-electron chi connectivity index (χ0n) is 9.82. The summed E-state index contributed by atoms with van der Waals surface area (Å²) >= 11 is 0. The van der Waals surface area contributed by atoms with Gasteiger partial charge in [-0.1, -0.05) is 17.3 Å². The first-order valence-electron chi connectivity index (χ1n) is 5.22. The number of aryl methyl sites for hydroxylation is 1. The molecule has 0 radical (unpaired) electrons. The van der Waals surface area contributed by atoms with E-state index in [4.69, 9.17) is 10.9 Å². The number of amides is 2. The van der Waals surface area contributed by atoms with E-state index in [-0.39, 0.29) is 11.9 Å². The number of nitrogens with two attached hydrogens (primary N) is 1. The summed E-state index contributed by atoms with van der Waals surface area (Å²) in [5.41, 5.74) is 7.54. The Morgan fingerprint density at radius 1 is 1.53 bits per heavy atom. The molecule has 1 aromatic rings. The number of rotatable bonds is 3. The zero-order chi connectivity index (χ0) is 12.8. The predicted octanol–water partition coefficient (Wildman–Crippen LogP) is 1.23. The second kappa shape index (κ2) is 5.74. The molecule has 92 valence electrons. The first kappa shape index (κ1) is 12.8. The molecular formula is C11H16N4O2. The van der Waals surface area contributed by atoms with Gasteiger partial charge in [0.1, 0.15) is 0 Å². The van der Waals surface area contributed by atoms with E-state index in [9.17, 15) is 4.79 Å². The number of benzene rings is 1. The van der Waals surface area contributed by atoms with Gasteiger partial charge in [0.2, 0.25) is 0 Å². The van der Waals surface area contributed by atoms with Crippen LogP contribution in [-0.4, -0.2) is 23.6 Å². The lowest BCUT2D eigenvalue weighted by Crippen LogP contribution is -2.28. The number of nitrogens with zero attached hydrogens (tertiary/aromatic N) is 1. The van der Waals surface area contributed by atoms with Gasteiger partial charge in [0, 0.05) is 17.8 Å². The minimum Gasteiger partial charge on any atom is -0.409 e. The largest absolute Gasteiger partial charge is 0.409 e. The lowest BCUT2D eigenvalue weighted by Gasteiger charge is -2.10. The Morgan fingerprint density at radius 2 is 2.24 bits per heavy atom. The number of carbonyl (C=O) groups is 1. The summed E-state index contributed by atoms with van der Waals surface area (Å²) in [7, 11) is 0. The number of hydrogen-bond acceptors (Lipinski definition) is 3. The molecule has 0 atom stereocenters. The summed E-state index contributed by atoms with van der Waals surface area (Å²) in [6.07, 6.45) is 0. The summed E-state index contributed by atoms with van der Waals surface area (Å²) < 4.78 is 0. The third-order valence-corrected chi connectivity index (χ3v) is 2.23. The van der Waals surface area contributed by atoms with Crippen LogP contribution in [0.5, 0.6) is 0 Å². The maximum absolute atomic E-state index is 11.4. The Bertz CT molecular complexity index is 443. The van der Waals surface area contributed by atoms with E-state index >= 15 is 0 Å². The van der Waals surface area contributed by atoms with Crippen LogP contribution in [0.3, 0.4) is 0 Å². The van der Waals surface area contributed by atoms with Crippen molar-refractivity contribution in [3.8, 4) is 0 Å². The number of oxime groups is 1. The normalized spacial score (nSPS) is 11.1. The van der Waals surface area contributed by atoms with Crippen molar-refractivity contribution < 1.29 is 10.0 Å². The standard InChI is InChI=1S/C11H16N4O2/c1-3-13-11(16)14-9-6-8(10(12)15-17)5-4-7(9)2/h4-6,17H,3H2,1-2H3,(H2,12,15)(H2,13,14,16). The molecule has 0 aliphatic carbocycles.